The Morgan fingerprint density at radius 1 is 1.53 bits per heavy atom. The SMILES string of the molecule is CCC(CN)C(O)c1cncn1C(C)C. The lowest BCUT2D eigenvalue weighted by Crippen LogP contribution is -2.23. The maximum absolute atomic E-state index is 10.2. The van der Waals surface area contributed by atoms with Gasteiger partial charge in [-0.25, -0.2) is 4.98 Å². The average Bonchev–Trinajstić information content (AvgIpc) is 2.67. The van der Waals surface area contributed by atoms with Crippen LogP contribution in [0.15, 0.2) is 12.5 Å². The second-order valence-electron chi connectivity index (χ2n) is 4.17. The van der Waals surface area contributed by atoms with Gasteiger partial charge < -0.3 is 15.4 Å². The van der Waals surface area contributed by atoms with E-state index in [9.17, 15) is 5.11 Å². The maximum Gasteiger partial charge on any atom is 0.0995 e. The summed E-state index contributed by atoms with van der Waals surface area (Å²) in [7, 11) is 0. The van der Waals surface area contributed by atoms with Crippen LogP contribution in [0.4, 0.5) is 0 Å². The van der Waals surface area contributed by atoms with Gasteiger partial charge in [0, 0.05) is 12.0 Å². The second-order valence-corrected chi connectivity index (χ2v) is 4.17. The fourth-order valence-electron chi connectivity index (χ4n) is 1.74. The van der Waals surface area contributed by atoms with Crippen molar-refractivity contribution < 1.29 is 5.11 Å². The minimum absolute atomic E-state index is 0.110. The molecule has 0 saturated heterocycles. The third-order valence-corrected chi connectivity index (χ3v) is 2.83. The average molecular weight is 211 g/mol. The zero-order valence-electron chi connectivity index (χ0n) is 9.72. The molecule has 2 unspecified atom stereocenters. The molecule has 0 fully saturated rings. The summed E-state index contributed by atoms with van der Waals surface area (Å²) in [6, 6.07) is 0.312. The fourth-order valence-corrected chi connectivity index (χ4v) is 1.74. The first kappa shape index (κ1) is 12.2. The predicted octanol–water partition coefficient (Wildman–Crippen LogP) is 1.48. The van der Waals surface area contributed by atoms with Crippen molar-refractivity contribution in [3.05, 3.63) is 18.2 Å². The van der Waals surface area contributed by atoms with E-state index in [1.54, 1.807) is 12.5 Å². The molecule has 3 N–H and O–H groups in total. The number of hydrogen-bond donors (Lipinski definition) is 2. The van der Waals surface area contributed by atoms with E-state index in [2.05, 4.69) is 18.8 Å². The standard InChI is InChI=1S/C11H21N3O/c1-4-9(5-12)11(15)10-6-13-7-14(10)8(2)3/h6-9,11,15H,4-5,12H2,1-3H3. The molecule has 0 amide bonds. The molecule has 1 heterocycles. The van der Waals surface area contributed by atoms with E-state index in [4.69, 9.17) is 5.73 Å². The van der Waals surface area contributed by atoms with Crippen LogP contribution in [0.5, 0.6) is 0 Å². The van der Waals surface area contributed by atoms with Crippen LogP contribution in [0.3, 0.4) is 0 Å². The van der Waals surface area contributed by atoms with Crippen molar-refractivity contribution in [2.45, 2.75) is 39.3 Å². The third-order valence-electron chi connectivity index (χ3n) is 2.83. The molecule has 4 heteroatoms. The molecular formula is C11H21N3O. The van der Waals surface area contributed by atoms with Crippen molar-refractivity contribution in [1.29, 1.82) is 0 Å². The highest BCUT2D eigenvalue weighted by atomic mass is 16.3. The number of nitrogens with zero attached hydrogens (tertiary/aromatic N) is 2. The van der Waals surface area contributed by atoms with Crippen molar-refractivity contribution in [2.24, 2.45) is 11.7 Å². The lowest BCUT2D eigenvalue weighted by atomic mass is 9.97. The van der Waals surface area contributed by atoms with Crippen LogP contribution in [-0.2, 0) is 0 Å². The first-order valence-corrected chi connectivity index (χ1v) is 5.51. The molecule has 1 rings (SSSR count). The Balaban J connectivity index is 2.89. The van der Waals surface area contributed by atoms with E-state index in [0.717, 1.165) is 12.1 Å². The summed E-state index contributed by atoms with van der Waals surface area (Å²) in [5.41, 5.74) is 6.49. The van der Waals surface area contributed by atoms with Crippen LogP contribution in [0.1, 0.15) is 45.0 Å². The van der Waals surface area contributed by atoms with Crippen LogP contribution >= 0.6 is 0 Å². The summed E-state index contributed by atoms with van der Waals surface area (Å²) in [6.07, 6.45) is 3.85. The highest BCUT2D eigenvalue weighted by Crippen LogP contribution is 2.25. The van der Waals surface area contributed by atoms with Gasteiger partial charge >= 0.3 is 0 Å². The number of hydrogen-bond acceptors (Lipinski definition) is 3. The molecule has 1 aromatic heterocycles. The molecule has 1 aromatic rings. The van der Waals surface area contributed by atoms with Crippen molar-refractivity contribution in [3.63, 3.8) is 0 Å². The van der Waals surface area contributed by atoms with E-state index in [1.807, 2.05) is 11.5 Å². The summed E-state index contributed by atoms with van der Waals surface area (Å²) in [4.78, 5) is 4.08. The minimum atomic E-state index is -0.509. The first-order chi connectivity index (χ1) is 7.11. The zero-order chi connectivity index (χ0) is 11.4. The van der Waals surface area contributed by atoms with E-state index in [-0.39, 0.29) is 5.92 Å². The van der Waals surface area contributed by atoms with Gasteiger partial charge in [0.2, 0.25) is 0 Å². The van der Waals surface area contributed by atoms with Crippen molar-refractivity contribution in [1.82, 2.24) is 9.55 Å². The van der Waals surface area contributed by atoms with E-state index in [0.29, 0.717) is 12.6 Å². The number of aliphatic hydroxyl groups excluding tert-OH is 1. The smallest absolute Gasteiger partial charge is 0.0995 e. The molecule has 0 spiro atoms. The van der Waals surface area contributed by atoms with Gasteiger partial charge in [0.15, 0.2) is 0 Å². The summed E-state index contributed by atoms with van der Waals surface area (Å²) >= 11 is 0. The highest BCUT2D eigenvalue weighted by Gasteiger charge is 2.21. The predicted molar refractivity (Wildman–Crippen MR) is 60.4 cm³/mol. The largest absolute Gasteiger partial charge is 0.386 e. The lowest BCUT2D eigenvalue weighted by Gasteiger charge is -2.22. The quantitative estimate of drug-likeness (QED) is 0.775. The van der Waals surface area contributed by atoms with E-state index < -0.39 is 6.10 Å². The molecule has 2 atom stereocenters. The van der Waals surface area contributed by atoms with E-state index >= 15 is 0 Å². The van der Waals surface area contributed by atoms with Crippen molar-refractivity contribution >= 4 is 0 Å². The fraction of sp³-hybridized carbons (Fsp3) is 0.727. The number of aliphatic hydroxyl groups is 1. The Hall–Kier alpha value is -0.870. The Bertz CT molecular complexity index is 292. The van der Waals surface area contributed by atoms with Gasteiger partial charge in [0.25, 0.3) is 0 Å². The van der Waals surface area contributed by atoms with Gasteiger partial charge in [-0.15, -0.1) is 0 Å². The molecule has 4 nitrogen and oxygen atoms in total. The summed E-state index contributed by atoms with van der Waals surface area (Å²) in [6.45, 7) is 6.68. The molecule has 86 valence electrons. The number of imidazole rings is 1. The number of nitrogens with two attached hydrogens (primary N) is 1. The molecule has 0 aliphatic carbocycles. The number of aromatic nitrogens is 2. The summed E-state index contributed by atoms with van der Waals surface area (Å²) in [5.74, 6) is 0.110. The van der Waals surface area contributed by atoms with Gasteiger partial charge in [-0.05, 0) is 26.8 Å². The highest BCUT2D eigenvalue weighted by molar-refractivity contribution is 5.05. The van der Waals surface area contributed by atoms with Crippen molar-refractivity contribution in [3.8, 4) is 0 Å². The molecule has 15 heavy (non-hydrogen) atoms. The molecule has 0 bridgehead atoms. The lowest BCUT2D eigenvalue weighted by molar-refractivity contribution is 0.101. The Morgan fingerprint density at radius 3 is 2.67 bits per heavy atom. The van der Waals surface area contributed by atoms with E-state index in [1.165, 1.54) is 0 Å². The molecule has 0 aliphatic heterocycles. The van der Waals surface area contributed by atoms with Gasteiger partial charge in [-0.2, -0.15) is 0 Å². The van der Waals surface area contributed by atoms with Crippen molar-refractivity contribution in [2.75, 3.05) is 6.54 Å². The van der Waals surface area contributed by atoms with Crippen LogP contribution in [0.2, 0.25) is 0 Å². The molecule has 0 saturated carbocycles. The second kappa shape index (κ2) is 5.28. The zero-order valence-corrected chi connectivity index (χ0v) is 9.72. The normalized spacial score (nSPS) is 15.6. The molecule has 0 radical (unpaired) electrons. The Labute approximate surface area is 91.1 Å². The Morgan fingerprint density at radius 2 is 2.20 bits per heavy atom. The minimum Gasteiger partial charge on any atom is -0.386 e. The van der Waals surface area contributed by atoms with Gasteiger partial charge in [-0.1, -0.05) is 6.92 Å². The molecular weight excluding hydrogens is 190 g/mol. The van der Waals surface area contributed by atoms with Crippen LogP contribution in [-0.4, -0.2) is 21.2 Å². The van der Waals surface area contributed by atoms with Gasteiger partial charge in [-0.3, -0.25) is 0 Å². The number of rotatable bonds is 5. The Kier molecular flexibility index (Phi) is 4.29. The third kappa shape index (κ3) is 2.58. The molecule has 0 aromatic carbocycles. The summed E-state index contributed by atoms with van der Waals surface area (Å²) < 4.78 is 1.99. The summed E-state index contributed by atoms with van der Waals surface area (Å²) in [5, 5.41) is 10.2. The van der Waals surface area contributed by atoms with Crippen LogP contribution < -0.4 is 5.73 Å². The van der Waals surface area contributed by atoms with Crippen LogP contribution in [0, 0.1) is 5.92 Å². The first-order valence-electron chi connectivity index (χ1n) is 5.51. The topological polar surface area (TPSA) is 64.1 Å². The monoisotopic (exact) mass is 211 g/mol. The van der Waals surface area contributed by atoms with Gasteiger partial charge in [0.1, 0.15) is 0 Å². The van der Waals surface area contributed by atoms with Crippen LogP contribution in [0.25, 0.3) is 0 Å². The maximum atomic E-state index is 10.2. The van der Waals surface area contributed by atoms with Gasteiger partial charge in [0.05, 0.1) is 24.3 Å². The molecule has 0 aliphatic rings.